The van der Waals surface area contributed by atoms with Crippen LogP contribution in [0, 0.1) is 17.0 Å². The number of non-ortho nitro benzene ring substituents is 1. The lowest BCUT2D eigenvalue weighted by atomic mass is 10.1. The van der Waals surface area contributed by atoms with Gasteiger partial charge in [0.2, 0.25) is 0 Å². The third-order valence-electron chi connectivity index (χ3n) is 3.84. The second-order valence-corrected chi connectivity index (χ2v) is 5.46. The molecular weight excluding hydrogens is 320 g/mol. The molecule has 10 heteroatoms. The first-order valence-electron chi connectivity index (χ1n) is 7.23. The van der Waals surface area contributed by atoms with Crippen LogP contribution in [0.1, 0.15) is 17.8 Å². The molecule has 2 aromatic rings. The summed E-state index contributed by atoms with van der Waals surface area (Å²) in [5, 5.41) is 44.2. The normalized spacial score (nSPS) is 26.7. The number of aliphatic hydroxyl groups is 3. The second-order valence-electron chi connectivity index (χ2n) is 5.46. The van der Waals surface area contributed by atoms with Crippen LogP contribution in [-0.4, -0.2) is 59.9 Å². The van der Waals surface area contributed by atoms with E-state index in [0.29, 0.717) is 11.5 Å². The predicted molar refractivity (Wildman–Crippen MR) is 79.5 cm³/mol. The van der Waals surface area contributed by atoms with Crippen molar-refractivity contribution >= 4 is 5.69 Å². The van der Waals surface area contributed by atoms with Crippen molar-refractivity contribution in [3.63, 3.8) is 0 Å². The Bertz CT molecular complexity index is 746. The van der Waals surface area contributed by atoms with Crippen molar-refractivity contribution in [1.29, 1.82) is 0 Å². The number of hydrogen-bond donors (Lipinski definition) is 3. The Labute approximate surface area is 136 Å². The number of hydrogen-bond acceptors (Lipinski definition) is 8. The largest absolute Gasteiger partial charge is 0.394 e. The minimum atomic E-state index is -1.28. The number of benzene rings is 1. The van der Waals surface area contributed by atoms with Crippen molar-refractivity contribution in [2.45, 2.75) is 31.3 Å². The third-order valence-corrected chi connectivity index (χ3v) is 3.84. The molecule has 0 amide bonds. The Balaban J connectivity index is 1.98. The molecule has 1 fully saturated rings. The van der Waals surface area contributed by atoms with Crippen LogP contribution in [0.25, 0.3) is 5.69 Å². The van der Waals surface area contributed by atoms with Crippen molar-refractivity contribution in [1.82, 2.24) is 14.8 Å². The fourth-order valence-corrected chi connectivity index (χ4v) is 2.63. The minimum Gasteiger partial charge on any atom is -0.394 e. The molecule has 24 heavy (non-hydrogen) atoms. The minimum absolute atomic E-state index is 0.0648. The molecule has 1 saturated heterocycles. The van der Waals surface area contributed by atoms with E-state index in [1.54, 1.807) is 6.92 Å². The molecule has 0 spiro atoms. The van der Waals surface area contributed by atoms with E-state index >= 15 is 0 Å². The van der Waals surface area contributed by atoms with E-state index in [0.717, 1.165) is 0 Å². The SMILES string of the molecule is Cc1nc([C@@H]2O[C@H](CO)[C@@H](O)[C@H]2O)n(-c2ccc([N+](=O)[O-])cc2)n1. The number of nitrogens with zero attached hydrogens (tertiary/aromatic N) is 4. The van der Waals surface area contributed by atoms with Gasteiger partial charge in [-0.2, -0.15) is 5.10 Å². The second kappa shape index (κ2) is 6.24. The van der Waals surface area contributed by atoms with Crippen LogP contribution in [0.15, 0.2) is 24.3 Å². The Hall–Kier alpha value is -2.40. The van der Waals surface area contributed by atoms with Gasteiger partial charge >= 0.3 is 0 Å². The zero-order valence-electron chi connectivity index (χ0n) is 12.7. The number of rotatable bonds is 4. The maximum atomic E-state index is 10.7. The van der Waals surface area contributed by atoms with Gasteiger partial charge in [-0.1, -0.05) is 0 Å². The first-order valence-corrected chi connectivity index (χ1v) is 7.23. The summed E-state index contributed by atoms with van der Waals surface area (Å²) >= 11 is 0. The molecule has 3 rings (SSSR count). The smallest absolute Gasteiger partial charge is 0.269 e. The summed E-state index contributed by atoms with van der Waals surface area (Å²) in [6.45, 7) is 1.20. The highest BCUT2D eigenvalue weighted by Crippen LogP contribution is 2.33. The van der Waals surface area contributed by atoms with Gasteiger partial charge in [0.05, 0.1) is 17.2 Å². The van der Waals surface area contributed by atoms with Crippen molar-refractivity contribution in [2.24, 2.45) is 0 Å². The molecule has 0 unspecified atom stereocenters. The van der Waals surface area contributed by atoms with Crippen LogP contribution in [0.3, 0.4) is 0 Å². The molecule has 10 nitrogen and oxygen atoms in total. The number of ether oxygens (including phenoxy) is 1. The lowest BCUT2D eigenvalue weighted by Gasteiger charge is -2.15. The van der Waals surface area contributed by atoms with Crippen LogP contribution >= 0.6 is 0 Å². The Kier molecular flexibility index (Phi) is 4.28. The van der Waals surface area contributed by atoms with Gasteiger partial charge in [0.25, 0.3) is 5.69 Å². The molecule has 0 radical (unpaired) electrons. The highest BCUT2D eigenvalue weighted by Gasteiger charge is 2.45. The number of aryl methyl sites for hydroxylation is 1. The van der Waals surface area contributed by atoms with Gasteiger partial charge in [0.15, 0.2) is 5.82 Å². The summed E-state index contributed by atoms with van der Waals surface area (Å²) in [6.07, 6.45) is -4.43. The molecular formula is C14H16N4O6. The molecule has 128 valence electrons. The van der Waals surface area contributed by atoms with Crippen LogP contribution in [0.5, 0.6) is 0 Å². The van der Waals surface area contributed by atoms with Crippen LogP contribution in [0.2, 0.25) is 0 Å². The molecule has 1 aliphatic heterocycles. The zero-order valence-corrected chi connectivity index (χ0v) is 12.7. The number of nitro groups is 1. The van der Waals surface area contributed by atoms with Gasteiger partial charge in [-0.15, -0.1) is 0 Å². The monoisotopic (exact) mass is 336 g/mol. The lowest BCUT2D eigenvalue weighted by molar-refractivity contribution is -0.384. The highest BCUT2D eigenvalue weighted by molar-refractivity contribution is 5.41. The van der Waals surface area contributed by atoms with E-state index in [4.69, 9.17) is 4.74 Å². The van der Waals surface area contributed by atoms with Gasteiger partial charge in [-0.25, -0.2) is 9.67 Å². The van der Waals surface area contributed by atoms with Crippen molar-refractivity contribution in [3.05, 3.63) is 46.0 Å². The van der Waals surface area contributed by atoms with E-state index in [-0.39, 0.29) is 11.5 Å². The van der Waals surface area contributed by atoms with Crippen molar-refractivity contribution in [3.8, 4) is 5.69 Å². The molecule has 2 heterocycles. The van der Waals surface area contributed by atoms with Gasteiger partial charge in [0.1, 0.15) is 30.2 Å². The fraction of sp³-hybridized carbons (Fsp3) is 0.429. The Morgan fingerprint density at radius 1 is 1.29 bits per heavy atom. The summed E-state index contributed by atoms with van der Waals surface area (Å²) in [7, 11) is 0. The van der Waals surface area contributed by atoms with E-state index in [1.165, 1.54) is 28.9 Å². The Morgan fingerprint density at radius 2 is 1.96 bits per heavy atom. The molecule has 0 saturated carbocycles. The van der Waals surface area contributed by atoms with E-state index in [2.05, 4.69) is 10.1 Å². The fourth-order valence-electron chi connectivity index (χ4n) is 2.63. The molecule has 1 aromatic carbocycles. The third kappa shape index (κ3) is 2.76. The average Bonchev–Trinajstić information content (AvgIpc) is 3.08. The highest BCUT2D eigenvalue weighted by atomic mass is 16.6. The number of aliphatic hydroxyl groups excluding tert-OH is 3. The van der Waals surface area contributed by atoms with E-state index in [9.17, 15) is 25.4 Å². The van der Waals surface area contributed by atoms with Crippen LogP contribution in [-0.2, 0) is 4.74 Å². The zero-order chi connectivity index (χ0) is 17.4. The van der Waals surface area contributed by atoms with Crippen LogP contribution < -0.4 is 0 Å². The first-order chi connectivity index (χ1) is 11.4. The lowest BCUT2D eigenvalue weighted by Crippen LogP contribution is -2.32. The topological polar surface area (TPSA) is 144 Å². The van der Waals surface area contributed by atoms with E-state index in [1.807, 2.05) is 0 Å². The summed E-state index contributed by atoms with van der Waals surface area (Å²) in [5.74, 6) is 0.643. The average molecular weight is 336 g/mol. The maximum Gasteiger partial charge on any atom is 0.269 e. The first kappa shape index (κ1) is 16.5. The molecule has 3 N–H and O–H groups in total. The number of aromatic nitrogens is 3. The number of nitro benzene ring substituents is 1. The van der Waals surface area contributed by atoms with Gasteiger partial charge in [-0.05, 0) is 19.1 Å². The van der Waals surface area contributed by atoms with Crippen molar-refractivity contribution in [2.75, 3.05) is 6.61 Å². The van der Waals surface area contributed by atoms with Gasteiger partial charge in [0, 0.05) is 12.1 Å². The molecule has 1 aromatic heterocycles. The summed E-state index contributed by atoms with van der Waals surface area (Å²) in [6, 6.07) is 5.65. The molecule has 0 bridgehead atoms. The quantitative estimate of drug-likeness (QED) is 0.507. The molecule has 0 aliphatic carbocycles. The van der Waals surface area contributed by atoms with E-state index < -0.39 is 35.9 Å². The van der Waals surface area contributed by atoms with Crippen molar-refractivity contribution < 1.29 is 25.0 Å². The van der Waals surface area contributed by atoms with Gasteiger partial charge in [-0.3, -0.25) is 10.1 Å². The van der Waals surface area contributed by atoms with Crippen LogP contribution in [0.4, 0.5) is 5.69 Å². The van der Waals surface area contributed by atoms with Gasteiger partial charge < -0.3 is 20.1 Å². The summed E-state index contributed by atoms with van der Waals surface area (Å²) < 4.78 is 6.87. The summed E-state index contributed by atoms with van der Waals surface area (Å²) in [4.78, 5) is 14.5. The molecule has 1 aliphatic rings. The Morgan fingerprint density at radius 3 is 2.50 bits per heavy atom. The summed E-state index contributed by atoms with van der Waals surface area (Å²) in [5.41, 5.74) is 0.430. The molecule has 4 atom stereocenters. The maximum absolute atomic E-state index is 10.7. The predicted octanol–water partition coefficient (Wildman–Crippen LogP) is -0.362. The standard InChI is InChI=1S/C14H16N4O6/c1-7-15-14(13-12(21)11(20)10(6-19)24-13)17(16-7)8-2-4-9(5-3-8)18(22)23/h2-5,10-13,19-21H,6H2,1H3/t10-,11-,12-,13-/m1/s1.